The van der Waals surface area contributed by atoms with Gasteiger partial charge >= 0.3 is 0 Å². The maximum atomic E-state index is 5.33. The van der Waals surface area contributed by atoms with Gasteiger partial charge in [-0.1, -0.05) is 12.1 Å². The third kappa shape index (κ3) is 4.72. The van der Waals surface area contributed by atoms with Crippen LogP contribution in [0.4, 0.5) is 23.1 Å². The van der Waals surface area contributed by atoms with Gasteiger partial charge in [-0.3, -0.25) is 4.68 Å². The van der Waals surface area contributed by atoms with Gasteiger partial charge < -0.3 is 20.7 Å². The summed E-state index contributed by atoms with van der Waals surface area (Å²) in [6, 6.07) is 14.5. The molecule has 8 nitrogen and oxygen atoms in total. The normalized spacial score (nSPS) is 12.9. The van der Waals surface area contributed by atoms with Crippen LogP contribution in [0.2, 0.25) is 0 Å². The highest BCUT2D eigenvalue weighted by Crippen LogP contribution is 2.31. The van der Waals surface area contributed by atoms with Crippen LogP contribution in [-0.2, 0) is 13.0 Å². The molecule has 0 unspecified atom stereocenters. The second-order valence-electron chi connectivity index (χ2n) is 8.65. The molecule has 0 saturated heterocycles. The van der Waals surface area contributed by atoms with Gasteiger partial charge in [0.1, 0.15) is 11.6 Å². The summed E-state index contributed by atoms with van der Waals surface area (Å²) in [4.78, 5) is 9.42. The molecule has 0 aliphatic carbocycles. The number of fused-ring (bicyclic) bond motifs is 1. The molecule has 8 heteroatoms. The van der Waals surface area contributed by atoms with Gasteiger partial charge in [-0.15, -0.1) is 0 Å². The van der Waals surface area contributed by atoms with Crippen molar-refractivity contribution >= 4 is 23.1 Å². The first kappa shape index (κ1) is 21.9. The number of methoxy groups -OCH3 is 1. The third-order valence-corrected chi connectivity index (χ3v) is 5.91. The Morgan fingerprint density at radius 3 is 2.74 bits per heavy atom. The smallest absolute Gasteiger partial charge is 0.229 e. The van der Waals surface area contributed by atoms with E-state index in [4.69, 9.17) is 9.72 Å². The molecular formula is C26H29N7O. The second-order valence-corrected chi connectivity index (χ2v) is 8.65. The number of nitrogens with zero attached hydrogens (tertiary/aromatic N) is 4. The predicted octanol–water partition coefficient (Wildman–Crippen LogP) is 5.06. The molecule has 0 fully saturated rings. The van der Waals surface area contributed by atoms with Crippen LogP contribution in [0.5, 0.6) is 5.75 Å². The lowest BCUT2D eigenvalue weighted by Gasteiger charge is -2.19. The van der Waals surface area contributed by atoms with Crippen LogP contribution >= 0.6 is 0 Å². The van der Waals surface area contributed by atoms with Crippen LogP contribution in [0.15, 0.2) is 61.1 Å². The minimum absolute atomic E-state index is 0.272. The van der Waals surface area contributed by atoms with Gasteiger partial charge in [0.15, 0.2) is 0 Å². The molecule has 0 amide bonds. The standard InChI is InChI=1S/C26H29N7O/c1-17(2)33-16-20(14-29-33)24-15-28-26(31-21-5-4-6-23(12-21)34-3)32-25(24)30-22-8-7-18-9-10-27-13-19(18)11-22/h4-8,11-12,14-17,27H,9-10,13H2,1-3H3,(H2,28,30,31,32). The fraction of sp³-hybridized carbons (Fsp3) is 0.269. The molecule has 2 aromatic carbocycles. The maximum absolute atomic E-state index is 5.33. The monoisotopic (exact) mass is 455 g/mol. The van der Waals surface area contributed by atoms with Gasteiger partial charge in [0.05, 0.1) is 13.3 Å². The minimum Gasteiger partial charge on any atom is -0.497 e. The maximum Gasteiger partial charge on any atom is 0.229 e. The number of rotatable bonds is 7. The summed E-state index contributed by atoms with van der Waals surface area (Å²) in [5.41, 5.74) is 6.40. The fourth-order valence-corrected chi connectivity index (χ4v) is 4.03. The molecule has 34 heavy (non-hydrogen) atoms. The van der Waals surface area contributed by atoms with E-state index in [1.54, 1.807) is 7.11 Å². The summed E-state index contributed by atoms with van der Waals surface area (Å²) in [5, 5.41) is 14.8. The van der Waals surface area contributed by atoms with Crippen LogP contribution in [0.3, 0.4) is 0 Å². The minimum atomic E-state index is 0.272. The van der Waals surface area contributed by atoms with Crippen LogP contribution in [0.25, 0.3) is 11.1 Å². The van der Waals surface area contributed by atoms with Gasteiger partial charge in [0.25, 0.3) is 0 Å². The predicted molar refractivity (Wildman–Crippen MR) is 135 cm³/mol. The number of aromatic nitrogens is 4. The highest BCUT2D eigenvalue weighted by Gasteiger charge is 2.15. The topological polar surface area (TPSA) is 88.9 Å². The molecule has 0 radical (unpaired) electrons. The van der Waals surface area contributed by atoms with Crippen LogP contribution < -0.4 is 20.7 Å². The molecular weight excluding hydrogens is 426 g/mol. The van der Waals surface area contributed by atoms with E-state index >= 15 is 0 Å². The highest BCUT2D eigenvalue weighted by atomic mass is 16.5. The lowest BCUT2D eigenvalue weighted by atomic mass is 10.0. The Balaban J connectivity index is 1.50. The zero-order chi connectivity index (χ0) is 23.5. The Bertz CT molecular complexity index is 1300. The van der Waals surface area contributed by atoms with Gasteiger partial charge in [0.2, 0.25) is 5.95 Å². The first-order valence-corrected chi connectivity index (χ1v) is 11.5. The van der Waals surface area contributed by atoms with Gasteiger partial charge in [0, 0.05) is 53.5 Å². The van der Waals surface area contributed by atoms with Crippen molar-refractivity contribution in [1.82, 2.24) is 25.1 Å². The Morgan fingerprint density at radius 2 is 1.91 bits per heavy atom. The molecule has 1 aliphatic rings. The molecule has 174 valence electrons. The van der Waals surface area contributed by atoms with E-state index in [-0.39, 0.29) is 6.04 Å². The van der Waals surface area contributed by atoms with Crippen molar-refractivity contribution < 1.29 is 4.74 Å². The first-order chi connectivity index (χ1) is 16.6. The number of benzene rings is 2. The van der Waals surface area contributed by atoms with Crippen LogP contribution in [0.1, 0.15) is 31.0 Å². The average Bonchev–Trinajstić information content (AvgIpc) is 3.35. The van der Waals surface area contributed by atoms with E-state index < -0.39 is 0 Å². The number of nitrogens with one attached hydrogen (secondary N) is 3. The molecule has 1 aliphatic heterocycles. The second kappa shape index (κ2) is 9.52. The molecule has 0 spiro atoms. The number of hydrogen-bond donors (Lipinski definition) is 3. The van der Waals surface area contributed by atoms with Gasteiger partial charge in [-0.2, -0.15) is 10.1 Å². The summed E-state index contributed by atoms with van der Waals surface area (Å²) in [6.07, 6.45) is 6.77. The van der Waals surface area contributed by atoms with E-state index in [1.807, 2.05) is 47.5 Å². The fourth-order valence-electron chi connectivity index (χ4n) is 4.03. The van der Waals surface area contributed by atoms with Crippen molar-refractivity contribution in [3.8, 4) is 16.9 Å². The Hall–Kier alpha value is -3.91. The summed E-state index contributed by atoms with van der Waals surface area (Å²) < 4.78 is 7.27. The lowest BCUT2D eigenvalue weighted by molar-refractivity contribution is 0.415. The molecule has 5 rings (SSSR count). The zero-order valence-electron chi connectivity index (χ0n) is 19.7. The SMILES string of the molecule is COc1cccc(Nc2ncc(-c3cnn(C(C)C)c3)c(Nc3ccc4c(c3)CNCC4)n2)c1. The summed E-state index contributed by atoms with van der Waals surface area (Å²) in [6.45, 7) is 6.11. The van der Waals surface area contributed by atoms with Crippen LogP contribution in [-0.4, -0.2) is 33.4 Å². The largest absolute Gasteiger partial charge is 0.497 e. The van der Waals surface area contributed by atoms with Crippen molar-refractivity contribution in [1.29, 1.82) is 0 Å². The van der Waals surface area contributed by atoms with Gasteiger partial charge in [-0.05, 0) is 62.2 Å². The summed E-state index contributed by atoms with van der Waals surface area (Å²) in [5.74, 6) is 1.98. The molecule has 3 heterocycles. The van der Waals surface area contributed by atoms with Crippen molar-refractivity contribution in [3.05, 3.63) is 72.2 Å². The Kier molecular flexibility index (Phi) is 6.14. The molecule has 2 aromatic heterocycles. The van der Waals surface area contributed by atoms with E-state index in [9.17, 15) is 0 Å². The van der Waals surface area contributed by atoms with Crippen LogP contribution in [0, 0.1) is 0 Å². The number of ether oxygens (including phenoxy) is 1. The van der Waals surface area contributed by atoms with Crippen molar-refractivity contribution in [2.45, 2.75) is 32.9 Å². The Labute approximate surface area is 199 Å². The third-order valence-electron chi connectivity index (χ3n) is 5.91. The number of anilines is 4. The van der Waals surface area contributed by atoms with Crippen molar-refractivity contribution in [2.75, 3.05) is 24.3 Å². The summed E-state index contributed by atoms with van der Waals surface area (Å²) in [7, 11) is 1.65. The molecule has 4 aromatic rings. The van der Waals surface area contributed by atoms with E-state index in [1.165, 1.54) is 11.1 Å². The lowest BCUT2D eigenvalue weighted by Crippen LogP contribution is -2.23. The van der Waals surface area contributed by atoms with Crippen molar-refractivity contribution in [2.24, 2.45) is 0 Å². The molecule has 0 bridgehead atoms. The molecule has 0 atom stereocenters. The van der Waals surface area contributed by atoms with E-state index in [0.29, 0.717) is 11.8 Å². The quantitative estimate of drug-likeness (QED) is 0.359. The average molecular weight is 456 g/mol. The Morgan fingerprint density at radius 1 is 1.03 bits per heavy atom. The zero-order valence-corrected chi connectivity index (χ0v) is 19.7. The van der Waals surface area contributed by atoms with Gasteiger partial charge in [-0.25, -0.2) is 4.98 Å². The van der Waals surface area contributed by atoms with E-state index in [2.05, 4.69) is 58.1 Å². The molecule has 3 N–H and O–H groups in total. The number of hydrogen-bond acceptors (Lipinski definition) is 7. The summed E-state index contributed by atoms with van der Waals surface area (Å²) >= 11 is 0. The first-order valence-electron chi connectivity index (χ1n) is 11.5. The molecule has 0 saturated carbocycles. The van der Waals surface area contributed by atoms with Crippen molar-refractivity contribution in [3.63, 3.8) is 0 Å². The van der Waals surface area contributed by atoms with E-state index in [0.717, 1.165) is 47.8 Å². The highest BCUT2D eigenvalue weighted by molar-refractivity contribution is 5.78.